The number of rotatable bonds is 6. The number of nitrogens with zero attached hydrogens (tertiary/aromatic N) is 5. The van der Waals surface area contributed by atoms with Gasteiger partial charge in [0.1, 0.15) is 11.5 Å². The number of H-pyrrole nitrogens is 2. The third-order valence-corrected chi connectivity index (χ3v) is 6.66. The predicted octanol–water partition coefficient (Wildman–Crippen LogP) is 3.76. The van der Waals surface area contributed by atoms with Gasteiger partial charge in [0.2, 0.25) is 10.0 Å². The molecule has 4 heterocycles. The van der Waals surface area contributed by atoms with Crippen LogP contribution < -0.4 is 4.72 Å². The number of imidazole rings is 1. The maximum Gasteiger partial charge on any atom is 0.209 e. The minimum absolute atomic E-state index is 0.0159. The third kappa shape index (κ3) is 4.47. The van der Waals surface area contributed by atoms with E-state index in [0.29, 0.717) is 33.7 Å². The summed E-state index contributed by atoms with van der Waals surface area (Å²) in [4.78, 5) is 12.7. The Morgan fingerprint density at radius 3 is 2.73 bits per heavy atom. The average molecular weight is 517 g/mol. The Bertz CT molecular complexity index is 1900. The molecule has 186 valence electrons. The Hall–Kier alpha value is -4.42. The predicted molar refractivity (Wildman–Crippen MR) is 138 cm³/mol. The van der Waals surface area contributed by atoms with Gasteiger partial charge in [-0.1, -0.05) is 12.1 Å². The quantitative estimate of drug-likeness (QED) is 0.309. The van der Waals surface area contributed by atoms with E-state index in [1.165, 1.54) is 12.1 Å². The summed E-state index contributed by atoms with van der Waals surface area (Å²) in [6, 6.07) is 12.0. The summed E-state index contributed by atoms with van der Waals surface area (Å²) in [7, 11) is -1.57. The van der Waals surface area contributed by atoms with E-state index >= 15 is 0 Å². The van der Waals surface area contributed by atoms with Crippen LogP contribution in [0.4, 0.5) is 4.39 Å². The molecule has 6 rings (SSSR count). The number of pyridine rings is 1. The van der Waals surface area contributed by atoms with E-state index in [2.05, 4.69) is 30.0 Å². The van der Waals surface area contributed by atoms with Crippen molar-refractivity contribution in [3.05, 3.63) is 72.4 Å². The number of aromatic nitrogens is 7. The Kier molecular flexibility index (Phi) is 5.35. The number of hydrogen-bond donors (Lipinski definition) is 3. The number of aromatic amines is 2. The zero-order valence-corrected chi connectivity index (χ0v) is 20.6. The lowest BCUT2D eigenvalue weighted by Crippen LogP contribution is -2.21. The lowest BCUT2D eigenvalue weighted by Gasteiger charge is -2.08. The smallest absolute Gasteiger partial charge is 0.209 e. The first-order valence-corrected chi connectivity index (χ1v) is 13.2. The second kappa shape index (κ2) is 8.61. The molecule has 4 aromatic heterocycles. The van der Waals surface area contributed by atoms with Gasteiger partial charge in [-0.05, 0) is 41.5 Å². The fraction of sp³-hybridized carbons (Fsp3) is 0.120. The summed E-state index contributed by atoms with van der Waals surface area (Å²) < 4.78 is 41.6. The molecule has 0 aliphatic carbocycles. The normalized spacial score (nSPS) is 12.1. The standard InChI is InChI=1S/C25H21FN8O2S/c1-34-13-16(11-28-34)21-9-19-22(12-27-21)32-33-24(19)25-30-20-5-3-4-18(23(20)31-25)15-6-14(7-17(26)8-15)10-29-37(2,35)36/h3-9,11-13,29H,10H2,1-2H3,(H,30,31)(H,32,33). The number of halogens is 1. The molecule has 6 aromatic rings. The van der Waals surface area contributed by atoms with Gasteiger partial charge in [0.15, 0.2) is 5.82 Å². The maximum atomic E-state index is 14.5. The third-order valence-electron chi connectivity index (χ3n) is 5.99. The first kappa shape index (κ1) is 23.0. The molecular weight excluding hydrogens is 495 g/mol. The SMILES string of the molecule is Cn1cc(-c2cc3c(-c4nc5c(-c6cc(F)cc(CNS(C)(=O)=O)c6)cccc5[nH]4)n[nH]c3cn2)cn1. The number of para-hydroxylation sites is 1. The van der Waals surface area contributed by atoms with Crippen LogP contribution in [0.15, 0.2) is 61.1 Å². The van der Waals surface area contributed by atoms with Gasteiger partial charge in [-0.3, -0.25) is 14.8 Å². The summed E-state index contributed by atoms with van der Waals surface area (Å²) >= 11 is 0. The van der Waals surface area contributed by atoms with Gasteiger partial charge < -0.3 is 4.98 Å². The summed E-state index contributed by atoms with van der Waals surface area (Å²) in [5.74, 6) is 0.0803. The van der Waals surface area contributed by atoms with Gasteiger partial charge in [0.25, 0.3) is 0 Å². The Labute approximate surface area is 210 Å². The molecule has 0 aliphatic heterocycles. The van der Waals surface area contributed by atoms with Crippen molar-refractivity contribution in [1.82, 2.24) is 39.7 Å². The molecule has 0 amide bonds. The van der Waals surface area contributed by atoms with Gasteiger partial charge in [0, 0.05) is 36.3 Å². The van der Waals surface area contributed by atoms with Gasteiger partial charge >= 0.3 is 0 Å². The van der Waals surface area contributed by atoms with Crippen LogP contribution in [-0.2, 0) is 23.6 Å². The van der Waals surface area contributed by atoms with Crippen LogP contribution in [0.3, 0.4) is 0 Å². The van der Waals surface area contributed by atoms with Gasteiger partial charge in [0.05, 0.1) is 40.9 Å². The number of fused-ring (bicyclic) bond motifs is 2. The van der Waals surface area contributed by atoms with Gasteiger partial charge in [-0.15, -0.1) is 0 Å². The summed E-state index contributed by atoms with van der Waals surface area (Å²) in [6.07, 6.45) is 6.43. The lowest BCUT2D eigenvalue weighted by atomic mass is 10.0. The molecule has 0 bridgehead atoms. The van der Waals surface area contributed by atoms with Crippen molar-refractivity contribution >= 4 is 32.0 Å². The highest BCUT2D eigenvalue weighted by Crippen LogP contribution is 2.33. The summed E-state index contributed by atoms with van der Waals surface area (Å²) in [5.41, 5.74) is 6.22. The molecule has 0 aliphatic rings. The molecule has 2 aromatic carbocycles. The molecule has 0 unspecified atom stereocenters. The molecule has 0 spiro atoms. The van der Waals surface area contributed by atoms with Crippen LogP contribution in [0, 0.1) is 5.82 Å². The van der Waals surface area contributed by atoms with Crippen LogP contribution in [0.5, 0.6) is 0 Å². The summed E-state index contributed by atoms with van der Waals surface area (Å²) in [6.45, 7) is -0.0159. The summed E-state index contributed by atoms with van der Waals surface area (Å²) in [5, 5.41) is 12.5. The number of benzene rings is 2. The topological polar surface area (TPSA) is 134 Å². The molecule has 0 saturated heterocycles. The monoisotopic (exact) mass is 516 g/mol. The van der Waals surface area contributed by atoms with Crippen molar-refractivity contribution in [2.24, 2.45) is 7.05 Å². The van der Waals surface area contributed by atoms with Crippen LogP contribution in [0.2, 0.25) is 0 Å². The first-order valence-electron chi connectivity index (χ1n) is 11.3. The fourth-order valence-electron chi connectivity index (χ4n) is 4.31. The van der Waals surface area contributed by atoms with E-state index in [4.69, 9.17) is 4.98 Å². The molecule has 0 fully saturated rings. The van der Waals surface area contributed by atoms with E-state index in [-0.39, 0.29) is 6.54 Å². The highest BCUT2D eigenvalue weighted by atomic mass is 32.2. The van der Waals surface area contributed by atoms with Crippen molar-refractivity contribution in [2.45, 2.75) is 6.54 Å². The molecular formula is C25H21FN8O2S. The minimum Gasteiger partial charge on any atom is -0.337 e. The van der Waals surface area contributed by atoms with Crippen molar-refractivity contribution in [3.63, 3.8) is 0 Å². The maximum absolute atomic E-state index is 14.5. The molecule has 0 radical (unpaired) electrons. The van der Waals surface area contributed by atoms with Crippen molar-refractivity contribution in [2.75, 3.05) is 6.26 Å². The highest BCUT2D eigenvalue weighted by Gasteiger charge is 2.17. The first-order chi connectivity index (χ1) is 17.7. The van der Waals surface area contributed by atoms with Crippen molar-refractivity contribution in [1.29, 1.82) is 0 Å². The van der Waals surface area contributed by atoms with Crippen LogP contribution >= 0.6 is 0 Å². The number of aryl methyl sites for hydroxylation is 1. The lowest BCUT2D eigenvalue weighted by molar-refractivity contribution is 0.586. The zero-order chi connectivity index (χ0) is 25.7. The molecule has 3 N–H and O–H groups in total. The fourth-order valence-corrected chi connectivity index (χ4v) is 4.74. The van der Waals surface area contributed by atoms with Crippen LogP contribution in [0.1, 0.15) is 5.56 Å². The molecule has 37 heavy (non-hydrogen) atoms. The van der Waals surface area contributed by atoms with Crippen LogP contribution in [0.25, 0.3) is 55.8 Å². The number of sulfonamides is 1. The Balaban J connectivity index is 1.43. The second-order valence-electron chi connectivity index (χ2n) is 8.82. The van der Waals surface area contributed by atoms with E-state index in [1.54, 1.807) is 23.1 Å². The highest BCUT2D eigenvalue weighted by molar-refractivity contribution is 7.88. The van der Waals surface area contributed by atoms with Crippen molar-refractivity contribution in [3.8, 4) is 33.9 Å². The molecule has 12 heteroatoms. The van der Waals surface area contributed by atoms with E-state index < -0.39 is 15.8 Å². The largest absolute Gasteiger partial charge is 0.337 e. The Morgan fingerprint density at radius 2 is 1.95 bits per heavy atom. The zero-order valence-electron chi connectivity index (χ0n) is 19.8. The molecule has 0 atom stereocenters. The number of nitrogens with one attached hydrogen (secondary N) is 3. The van der Waals surface area contributed by atoms with Gasteiger partial charge in [-0.2, -0.15) is 10.2 Å². The second-order valence-corrected chi connectivity index (χ2v) is 10.7. The molecule has 10 nitrogen and oxygen atoms in total. The van der Waals surface area contributed by atoms with E-state index in [9.17, 15) is 12.8 Å². The molecule has 0 saturated carbocycles. The van der Waals surface area contributed by atoms with E-state index in [0.717, 1.165) is 33.9 Å². The minimum atomic E-state index is -3.42. The van der Waals surface area contributed by atoms with Crippen molar-refractivity contribution < 1.29 is 12.8 Å². The Morgan fingerprint density at radius 1 is 1.08 bits per heavy atom. The number of hydrogen-bond acceptors (Lipinski definition) is 6. The van der Waals surface area contributed by atoms with Crippen LogP contribution in [-0.4, -0.2) is 49.6 Å². The average Bonchev–Trinajstić information content (AvgIpc) is 3.58. The van der Waals surface area contributed by atoms with E-state index in [1.807, 2.05) is 37.5 Å². The van der Waals surface area contributed by atoms with Gasteiger partial charge in [-0.25, -0.2) is 22.5 Å².